The molecule has 0 bridgehead atoms. The van der Waals surface area contributed by atoms with E-state index in [1.807, 2.05) is 32.0 Å². The molecule has 2 amide bonds. The Morgan fingerprint density at radius 1 is 1.00 bits per heavy atom. The molecule has 1 heterocycles. The number of nitro benzene ring substituents is 1. The maximum atomic E-state index is 13.0. The molecular weight excluding hydrogens is 434 g/mol. The second kappa shape index (κ2) is 10.1. The van der Waals surface area contributed by atoms with Crippen molar-refractivity contribution in [1.82, 2.24) is 5.32 Å². The van der Waals surface area contributed by atoms with Crippen LogP contribution < -0.4 is 10.6 Å². The summed E-state index contributed by atoms with van der Waals surface area (Å²) < 4.78 is 12.3. The number of hydrogen-bond acceptors (Lipinski definition) is 5. The summed E-state index contributed by atoms with van der Waals surface area (Å²) in [5.74, 6) is -0.749. The highest BCUT2D eigenvalue weighted by Crippen LogP contribution is 2.37. The molecule has 3 rings (SSSR count). The lowest BCUT2D eigenvalue weighted by molar-refractivity contribution is -0.385. The molecule has 0 saturated carbocycles. The molecule has 34 heavy (non-hydrogen) atoms. The summed E-state index contributed by atoms with van der Waals surface area (Å²) in [6.45, 7) is 13.3. The minimum absolute atomic E-state index is 0.0211. The Balaban J connectivity index is 1.83. The van der Waals surface area contributed by atoms with Crippen molar-refractivity contribution < 1.29 is 19.2 Å². The second-order valence-corrected chi connectivity index (χ2v) is 10.2. The van der Waals surface area contributed by atoms with E-state index in [-0.39, 0.29) is 35.5 Å². The minimum Gasteiger partial charge on any atom is -0.344 e. The number of carbonyl (C=O) groups is 1. The Kier molecular flexibility index (Phi) is 7.63. The topological polar surface area (TPSA) is 103 Å². The van der Waals surface area contributed by atoms with E-state index in [1.165, 1.54) is 12.1 Å². The van der Waals surface area contributed by atoms with Crippen LogP contribution in [0, 0.1) is 15.5 Å². The monoisotopic (exact) mass is 469 g/mol. The van der Waals surface area contributed by atoms with Crippen LogP contribution in [-0.4, -0.2) is 30.7 Å². The highest BCUT2D eigenvalue weighted by molar-refractivity contribution is 5.91. The summed E-state index contributed by atoms with van der Waals surface area (Å²) in [5.41, 5.74) is 3.36. The molecule has 0 spiro atoms. The van der Waals surface area contributed by atoms with Crippen LogP contribution in [0.5, 0.6) is 0 Å². The number of benzene rings is 2. The second-order valence-electron chi connectivity index (χ2n) is 10.2. The summed E-state index contributed by atoms with van der Waals surface area (Å²) in [7, 11) is 0. The number of non-ortho nitro benzene ring substituents is 1. The van der Waals surface area contributed by atoms with Crippen LogP contribution in [0.4, 0.5) is 16.2 Å². The summed E-state index contributed by atoms with van der Waals surface area (Å²) in [6, 6.07) is 11.8. The zero-order valence-corrected chi connectivity index (χ0v) is 20.8. The molecule has 8 heteroatoms. The molecule has 0 aliphatic carbocycles. The molecule has 184 valence electrons. The van der Waals surface area contributed by atoms with Gasteiger partial charge in [0, 0.05) is 28.8 Å². The fourth-order valence-electron chi connectivity index (χ4n) is 3.96. The minimum atomic E-state index is -1.24. The number of para-hydroxylation sites is 1. The van der Waals surface area contributed by atoms with E-state index in [9.17, 15) is 14.9 Å². The maximum absolute atomic E-state index is 13.0. The molecule has 1 aliphatic heterocycles. The van der Waals surface area contributed by atoms with Crippen LogP contribution in [0.3, 0.4) is 0 Å². The van der Waals surface area contributed by atoms with Crippen LogP contribution in [0.25, 0.3) is 0 Å². The van der Waals surface area contributed by atoms with Gasteiger partial charge in [-0.15, -0.1) is 0 Å². The zero-order chi connectivity index (χ0) is 25.1. The van der Waals surface area contributed by atoms with Gasteiger partial charge in [0.05, 0.1) is 24.7 Å². The molecule has 2 aromatic carbocycles. The van der Waals surface area contributed by atoms with Gasteiger partial charge in [-0.2, -0.15) is 0 Å². The number of nitro groups is 1. The van der Waals surface area contributed by atoms with Crippen LogP contribution >= 0.6 is 0 Å². The summed E-state index contributed by atoms with van der Waals surface area (Å²) in [6.07, 6.45) is 0. The van der Waals surface area contributed by atoms with Crippen molar-refractivity contribution in [3.05, 3.63) is 69.3 Å². The van der Waals surface area contributed by atoms with Gasteiger partial charge in [0.25, 0.3) is 5.69 Å². The Morgan fingerprint density at radius 2 is 1.53 bits per heavy atom. The smallest absolute Gasteiger partial charge is 0.319 e. The molecule has 0 aromatic heterocycles. The zero-order valence-electron chi connectivity index (χ0n) is 20.8. The third kappa shape index (κ3) is 5.74. The van der Waals surface area contributed by atoms with E-state index < -0.39 is 10.7 Å². The number of nitrogens with one attached hydrogen (secondary N) is 2. The molecule has 1 aliphatic rings. The molecule has 0 atom stereocenters. The lowest BCUT2D eigenvalue weighted by Gasteiger charge is -2.43. The van der Waals surface area contributed by atoms with E-state index in [4.69, 9.17) is 9.47 Å². The van der Waals surface area contributed by atoms with Gasteiger partial charge < -0.3 is 20.1 Å². The maximum Gasteiger partial charge on any atom is 0.319 e. The number of nitrogens with zero attached hydrogens (tertiary/aromatic N) is 1. The largest absolute Gasteiger partial charge is 0.344 e. The fraction of sp³-hybridized carbons (Fsp3) is 0.500. The van der Waals surface area contributed by atoms with Gasteiger partial charge in [0.2, 0.25) is 5.79 Å². The van der Waals surface area contributed by atoms with E-state index >= 15 is 0 Å². The van der Waals surface area contributed by atoms with Gasteiger partial charge in [-0.25, -0.2) is 4.79 Å². The van der Waals surface area contributed by atoms with Crippen molar-refractivity contribution in [2.45, 2.75) is 59.2 Å². The van der Waals surface area contributed by atoms with Crippen LogP contribution in [0.15, 0.2) is 42.5 Å². The Bertz CT molecular complexity index is 995. The predicted molar refractivity (Wildman–Crippen MR) is 132 cm³/mol. The fourth-order valence-corrected chi connectivity index (χ4v) is 3.96. The van der Waals surface area contributed by atoms with Crippen LogP contribution in [0.1, 0.15) is 70.1 Å². The van der Waals surface area contributed by atoms with E-state index in [0.717, 1.165) is 16.8 Å². The van der Waals surface area contributed by atoms with Gasteiger partial charge in [-0.1, -0.05) is 59.7 Å². The van der Waals surface area contributed by atoms with Crippen molar-refractivity contribution in [3.8, 4) is 0 Å². The molecule has 1 saturated heterocycles. The number of amides is 2. The lowest BCUT2D eigenvalue weighted by Crippen LogP contribution is -2.52. The molecular formula is C26H35N3O5. The predicted octanol–water partition coefficient (Wildman–Crippen LogP) is 5.89. The van der Waals surface area contributed by atoms with Crippen molar-refractivity contribution >= 4 is 17.4 Å². The third-order valence-corrected chi connectivity index (χ3v) is 6.00. The SMILES string of the molecule is CC(C)c1cccc(C(C)C)c1NC(=O)NCC1(c2ccc([N+](=O)[O-])cc2)OCC(C)(C)CO1. The average Bonchev–Trinajstić information content (AvgIpc) is 2.78. The van der Waals surface area contributed by atoms with Crippen LogP contribution in [-0.2, 0) is 15.3 Å². The van der Waals surface area contributed by atoms with E-state index in [2.05, 4.69) is 38.3 Å². The molecule has 0 radical (unpaired) electrons. The number of carbonyl (C=O) groups excluding carboxylic acids is 1. The normalized spacial score (nSPS) is 16.9. The van der Waals surface area contributed by atoms with Crippen LogP contribution in [0.2, 0.25) is 0 Å². The first-order chi connectivity index (χ1) is 15.9. The van der Waals surface area contributed by atoms with Gasteiger partial charge in [0.15, 0.2) is 0 Å². The summed E-state index contributed by atoms with van der Waals surface area (Å²) in [5, 5.41) is 17.0. The molecule has 0 unspecified atom stereocenters. The van der Waals surface area contributed by atoms with Crippen molar-refractivity contribution in [1.29, 1.82) is 0 Å². The highest BCUT2D eigenvalue weighted by atomic mass is 16.7. The van der Waals surface area contributed by atoms with Gasteiger partial charge in [0.1, 0.15) is 0 Å². The van der Waals surface area contributed by atoms with E-state index in [0.29, 0.717) is 18.8 Å². The lowest BCUT2D eigenvalue weighted by atomic mass is 9.92. The standard InChI is InChI=1S/C26H35N3O5/c1-17(2)21-8-7-9-22(18(3)4)23(21)28-24(30)27-14-26(33-15-25(5,6)16-34-26)19-10-12-20(13-11-19)29(31)32/h7-13,17-18H,14-16H2,1-6H3,(H2,27,28,30). The summed E-state index contributed by atoms with van der Waals surface area (Å²) >= 11 is 0. The van der Waals surface area contributed by atoms with Gasteiger partial charge in [-0.3, -0.25) is 10.1 Å². The quantitative estimate of drug-likeness (QED) is 0.389. The van der Waals surface area contributed by atoms with Crippen molar-refractivity contribution in [3.63, 3.8) is 0 Å². The molecule has 2 N–H and O–H groups in total. The first-order valence-electron chi connectivity index (χ1n) is 11.6. The molecule has 8 nitrogen and oxygen atoms in total. The molecule has 2 aromatic rings. The van der Waals surface area contributed by atoms with Crippen molar-refractivity contribution in [2.24, 2.45) is 5.41 Å². The van der Waals surface area contributed by atoms with Gasteiger partial charge >= 0.3 is 6.03 Å². The first-order valence-corrected chi connectivity index (χ1v) is 11.6. The number of hydrogen-bond donors (Lipinski definition) is 2. The number of urea groups is 1. The Morgan fingerprint density at radius 3 is 2.00 bits per heavy atom. The van der Waals surface area contributed by atoms with Crippen molar-refractivity contribution in [2.75, 3.05) is 25.1 Å². The van der Waals surface area contributed by atoms with Gasteiger partial charge in [-0.05, 0) is 35.1 Å². The molecule has 1 fully saturated rings. The third-order valence-electron chi connectivity index (χ3n) is 6.00. The number of anilines is 1. The number of ether oxygens (including phenoxy) is 2. The number of rotatable bonds is 7. The van der Waals surface area contributed by atoms with E-state index in [1.54, 1.807) is 12.1 Å². The Hall–Kier alpha value is -2.97. The highest BCUT2D eigenvalue weighted by Gasteiger charge is 2.42. The average molecular weight is 470 g/mol. The Labute approximate surface area is 201 Å². The first kappa shape index (κ1) is 25.6. The summed E-state index contributed by atoms with van der Waals surface area (Å²) in [4.78, 5) is 23.6.